The molecule has 0 aliphatic rings. The van der Waals surface area contributed by atoms with Crippen molar-refractivity contribution in [1.82, 2.24) is 9.78 Å². The van der Waals surface area contributed by atoms with Crippen LogP contribution < -0.4 is 5.73 Å². The summed E-state index contributed by atoms with van der Waals surface area (Å²) in [7, 11) is 0. The summed E-state index contributed by atoms with van der Waals surface area (Å²) >= 11 is 0. The highest BCUT2D eigenvalue weighted by Gasteiger charge is 2.02. The average Bonchev–Trinajstić information content (AvgIpc) is 2.69. The van der Waals surface area contributed by atoms with E-state index < -0.39 is 0 Å². The first-order chi connectivity index (χ1) is 7.79. The fourth-order valence-corrected chi connectivity index (χ4v) is 1.76. The Morgan fingerprint density at radius 1 is 1.25 bits per heavy atom. The second-order valence-electron chi connectivity index (χ2n) is 3.94. The molecule has 1 aromatic heterocycles. The molecule has 2 rings (SSSR count). The number of nitrogens with two attached hydrogens (primary N) is 1. The number of hydrogen-bond donors (Lipinski definition) is 1. The third-order valence-corrected chi connectivity index (χ3v) is 2.74. The van der Waals surface area contributed by atoms with Crippen LogP contribution in [0.25, 0.3) is 0 Å². The van der Waals surface area contributed by atoms with Crippen molar-refractivity contribution in [2.45, 2.75) is 26.4 Å². The molecule has 0 radical (unpaired) electrons. The van der Waals surface area contributed by atoms with Gasteiger partial charge in [-0.2, -0.15) is 5.10 Å². The largest absolute Gasteiger partial charge is 0.326 e. The van der Waals surface area contributed by atoms with E-state index >= 15 is 0 Å². The molecule has 16 heavy (non-hydrogen) atoms. The van der Waals surface area contributed by atoms with Crippen molar-refractivity contribution in [2.24, 2.45) is 5.73 Å². The van der Waals surface area contributed by atoms with Crippen LogP contribution in [0.15, 0.2) is 36.5 Å². The maximum Gasteiger partial charge on any atom is 0.0638 e. The molecule has 2 N–H and O–H groups in total. The summed E-state index contributed by atoms with van der Waals surface area (Å²) in [5, 5.41) is 4.43. The van der Waals surface area contributed by atoms with Crippen molar-refractivity contribution in [1.29, 1.82) is 0 Å². The second kappa shape index (κ2) is 4.94. The smallest absolute Gasteiger partial charge is 0.0638 e. The molecule has 0 fully saturated rings. The van der Waals surface area contributed by atoms with Crippen molar-refractivity contribution in [3.05, 3.63) is 53.3 Å². The Morgan fingerprint density at radius 3 is 2.62 bits per heavy atom. The lowest BCUT2D eigenvalue weighted by molar-refractivity contribution is 0.610. The molecular weight excluding hydrogens is 198 g/mol. The van der Waals surface area contributed by atoms with E-state index in [0.717, 1.165) is 24.2 Å². The van der Waals surface area contributed by atoms with Crippen molar-refractivity contribution in [3.8, 4) is 0 Å². The number of nitrogens with zero attached hydrogens (tertiary/aromatic N) is 2. The van der Waals surface area contributed by atoms with Gasteiger partial charge < -0.3 is 5.73 Å². The van der Waals surface area contributed by atoms with Crippen LogP contribution in [-0.2, 0) is 19.5 Å². The predicted octanol–water partition coefficient (Wildman–Crippen LogP) is 1.89. The highest BCUT2D eigenvalue weighted by molar-refractivity contribution is 5.16. The number of rotatable bonds is 4. The van der Waals surface area contributed by atoms with Crippen LogP contribution in [0.3, 0.4) is 0 Å². The molecule has 1 aromatic carbocycles. The molecule has 2 aromatic rings. The maximum atomic E-state index is 5.62. The molecule has 0 aliphatic heterocycles. The molecule has 0 saturated heterocycles. The van der Waals surface area contributed by atoms with Gasteiger partial charge in [0.05, 0.1) is 5.69 Å². The Kier molecular flexibility index (Phi) is 3.37. The molecule has 0 amide bonds. The molecule has 0 saturated carbocycles. The summed E-state index contributed by atoms with van der Waals surface area (Å²) in [4.78, 5) is 0. The zero-order chi connectivity index (χ0) is 11.4. The third-order valence-electron chi connectivity index (χ3n) is 2.74. The monoisotopic (exact) mass is 215 g/mol. The molecule has 1 heterocycles. The van der Waals surface area contributed by atoms with Crippen LogP contribution >= 0.6 is 0 Å². The Balaban J connectivity index is 2.00. The molecule has 3 heteroatoms. The normalized spacial score (nSPS) is 10.6. The van der Waals surface area contributed by atoms with Gasteiger partial charge in [-0.25, -0.2) is 0 Å². The molecule has 3 nitrogen and oxygen atoms in total. The number of aromatic nitrogens is 2. The SMILES string of the molecule is Cc1nn(CCc2ccccc2)cc1CN. The van der Waals surface area contributed by atoms with Crippen molar-refractivity contribution in [2.75, 3.05) is 0 Å². The summed E-state index contributed by atoms with van der Waals surface area (Å²) in [5.41, 5.74) is 9.13. The number of aryl methyl sites for hydroxylation is 3. The van der Waals surface area contributed by atoms with Crippen LogP contribution in [-0.4, -0.2) is 9.78 Å². The first-order valence-corrected chi connectivity index (χ1v) is 5.56. The van der Waals surface area contributed by atoms with E-state index in [9.17, 15) is 0 Å². The molecule has 84 valence electrons. The van der Waals surface area contributed by atoms with Crippen LogP contribution in [0.4, 0.5) is 0 Å². The fourth-order valence-electron chi connectivity index (χ4n) is 1.76. The first-order valence-electron chi connectivity index (χ1n) is 5.56. The minimum atomic E-state index is 0.567. The van der Waals surface area contributed by atoms with E-state index in [1.807, 2.05) is 23.9 Å². The lowest BCUT2D eigenvalue weighted by atomic mass is 10.1. The second-order valence-corrected chi connectivity index (χ2v) is 3.94. The maximum absolute atomic E-state index is 5.62. The summed E-state index contributed by atoms with van der Waals surface area (Å²) in [6, 6.07) is 10.4. The van der Waals surface area contributed by atoms with Gasteiger partial charge in [0.2, 0.25) is 0 Å². The van der Waals surface area contributed by atoms with Gasteiger partial charge in [0.25, 0.3) is 0 Å². The fraction of sp³-hybridized carbons (Fsp3) is 0.308. The molecule has 0 spiro atoms. The molecule has 0 atom stereocenters. The Bertz CT molecular complexity index is 445. The van der Waals surface area contributed by atoms with E-state index in [4.69, 9.17) is 5.73 Å². The Morgan fingerprint density at radius 2 is 2.00 bits per heavy atom. The van der Waals surface area contributed by atoms with Gasteiger partial charge in [0.1, 0.15) is 0 Å². The molecule has 0 aliphatic carbocycles. The lowest BCUT2D eigenvalue weighted by Crippen LogP contribution is -2.02. The van der Waals surface area contributed by atoms with Gasteiger partial charge in [-0.15, -0.1) is 0 Å². The summed E-state index contributed by atoms with van der Waals surface area (Å²) in [6.45, 7) is 3.48. The Hall–Kier alpha value is -1.61. The number of hydrogen-bond acceptors (Lipinski definition) is 2. The van der Waals surface area contributed by atoms with Gasteiger partial charge in [-0.3, -0.25) is 4.68 Å². The average molecular weight is 215 g/mol. The van der Waals surface area contributed by atoms with Crippen molar-refractivity contribution in [3.63, 3.8) is 0 Å². The zero-order valence-corrected chi connectivity index (χ0v) is 9.56. The standard InChI is InChI=1S/C13H17N3/c1-11-13(9-14)10-16(15-11)8-7-12-5-3-2-4-6-12/h2-6,10H,7-9,14H2,1H3. The summed E-state index contributed by atoms with van der Waals surface area (Å²) < 4.78 is 1.98. The van der Waals surface area contributed by atoms with Crippen LogP contribution in [0.1, 0.15) is 16.8 Å². The van der Waals surface area contributed by atoms with Crippen molar-refractivity contribution < 1.29 is 0 Å². The quantitative estimate of drug-likeness (QED) is 0.846. The van der Waals surface area contributed by atoms with E-state index in [1.54, 1.807) is 0 Å². The highest BCUT2D eigenvalue weighted by Crippen LogP contribution is 2.06. The van der Waals surface area contributed by atoms with Gasteiger partial charge in [-0.05, 0) is 18.9 Å². The van der Waals surface area contributed by atoms with Crippen LogP contribution in [0.2, 0.25) is 0 Å². The minimum Gasteiger partial charge on any atom is -0.326 e. The Labute approximate surface area is 95.9 Å². The van der Waals surface area contributed by atoms with E-state index in [2.05, 4.69) is 29.4 Å². The van der Waals surface area contributed by atoms with Gasteiger partial charge in [0, 0.05) is 24.8 Å². The van der Waals surface area contributed by atoms with E-state index in [0.29, 0.717) is 6.54 Å². The van der Waals surface area contributed by atoms with E-state index in [1.165, 1.54) is 5.56 Å². The van der Waals surface area contributed by atoms with Crippen molar-refractivity contribution >= 4 is 0 Å². The molecular formula is C13H17N3. The van der Waals surface area contributed by atoms with Gasteiger partial charge in [-0.1, -0.05) is 30.3 Å². The minimum absolute atomic E-state index is 0.567. The number of benzene rings is 1. The van der Waals surface area contributed by atoms with Crippen LogP contribution in [0.5, 0.6) is 0 Å². The lowest BCUT2D eigenvalue weighted by Gasteiger charge is -2.01. The predicted molar refractivity (Wildman–Crippen MR) is 65.0 cm³/mol. The van der Waals surface area contributed by atoms with Gasteiger partial charge in [0.15, 0.2) is 0 Å². The van der Waals surface area contributed by atoms with Crippen LogP contribution in [0, 0.1) is 6.92 Å². The summed E-state index contributed by atoms with van der Waals surface area (Å²) in [6.07, 6.45) is 3.05. The molecule has 0 bridgehead atoms. The van der Waals surface area contributed by atoms with E-state index in [-0.39, 0.29) is 0 Å². The topological polar surface area (TPSA) is 43.8 Å². The third kappa shape index (κ3) is 2.49. The zero-order valence-electron chi connectivity index (χ0n) is 9.56. The molecule has 0 unspecified atom stereocenters. The van der Waals surface area contributed by atoms with Gasteiger partial charge >= 0.3 is 0 Å². The summed E-state index contributed by atoms with van der Waals surface area (Å²) in [5.74, 6) is 0. The first kappa shape index (κ1) is 10.9. The highest BCUT2D eigenvalue weighted by atomic mass is 15.3.